The van der Waals surface area contributed by atoms with Crippen LogP contribution in [0.25, 0.3) is 0 Å². The summed E-state index contributed by atoms with van der Waals surface area (Å²) < 4.78 is 24.3. The van der Waals surface area contributed by atoms with Crippen molar-refractivity contribution in [2.75, 3.05) is 25.9 Å². The molecule has 0 aromatic carbocycles. The molecule has 0 bridgehead atoms. The van der Waals surface area contributed by atoms with Gasteiger partial charge in [0.2, 0.25) is 10.0 Å². The summed E-state index contributed by atoms with van der Waals surface area (Å²) in [6.45, 7) is 3.22. The summed E-state index contributed by atoms with van der Waals surface area (Å²) in [6.07, 6.45) is 4.79. The van der Waals surface area contributed by atoms with Crippen molar-refractivity contribution in [3.63, 3.8) is 0 Å². The second-order valence-electron chi connectivity index (χ2n) is 4.16. The Hall–Kier alpha value is -0.130. The van der Waals surface area contributed by atoms with E-state index in [4.69, 9.17) is 0 Å². The first-order chi connectivity index (χ1) is 7.06. The molecule has 0 saturated heterocycles. The molecule has 1 rings (SSSR count). The van der Waals surface area contributed by atoms with Crippen molar-refractivity contribution >= 4 is 10.0 Å². The molecule has 0 spiro atoms. The molecule has 5 heteroatoms. The van der Waals surface area contributed by atoms with Crippen LogP contribution in [0.3, 0.4) is 0 Å². The number of nitrogens with one attached hydrogen (secondary N) is 1. The van der Waals surface area contributed by atoms with Gasteiger partial charge in [-0.3, -0.25) is 0 Å². The van der Waals surface area contributed by atoms with Crippen LogP contribution in [-0.2, 0) is 10.0 Å². The Morgan fingerprint density at radius 1 is 1.40 bits per heavy atom. The predicted octanol–water partition coefficient (Wildman–Crippen LogP) is 0.800. The molecule has 1 saturated carbocycles. The fourth-order valence-electron chi connectivity index (χ4n) is 1.58. The van der Waals surface area contributed by atoms with Gasteiger partial charge in [-0.1, -0.05) is 6.42 Å². The third-order valence-electron chi connectivity index (χ3n) is 3.03. The van der Waals surface area contributed by atoms with E-state index < -0.39 is 10.0 Å². The van der Waals surface area contributed by atoms with Crippen LogP contribution in [0.4, 0.5) is 0 Å². The largest absolute Gasteiger partial charge is 0.314 e. The predicted molar refractivity (Wildman–Crippen MR) is 62.3 cm³/mol. The van der Waals surface area contributed by atoms with Gasteiger partial charge >= 0.3 is 0 Å². The Morgan fingerprint density at radius 3 is 2.53 bits per heavy atom. The maximum absolute atomic E-state index is 11.4. The van der Waals surface area contributed by atoms with Gasteiger partial charge in [-0.05, 0) is 32.7 Å². The lowest BCUT2D eigenvalue weighted by Crippen LogP contribution is -2.37. The van der Waals surface area contributed by atoms with Gasteiger partial charge in [-0.25, -0.2) is 12.7 Å². The Morgan fingerprint density at radius 2 is 2.07 bits per heavy atom. The highest BCUT2D eigenvalue weighted by Gasteiger charge is 2.17. The van der Waals surface area contributed by atoms with Crippen LogP contribution in [0.15, 0.2) is 0 Å². The number of sulfonamides is 1. The lowest BCUT2D eigenvalue weighted by Gasteiger charge is -2.26. The Balaban J connectivity index is 2.08. The van der Waals surface area contributed by atoms with Crippen molar-refractivity contribution in [2.24, 2.45) is 0 Å². The summed E-state index contributed by atoms with van der Waals surface area (Å²) in [7, 11) is -1.33. The number of rotatable bonds is 7. The number of hydrogen-bond acceptors (Lipinski definition) is 3. The van der Waals surface area contributed by atoms with Gasteiger partial charge in [0.15, 0.2) is 0 Å². The topological polar surface area (TPSA) is 49.4 Å². The summed E-state index contributed by atoms with van der Waals surface area (Å²) in [4.78, 5) is 0. The van der Waals surface area contributed by atoms with Gasteiger partial charge in [-0.15, -0.1) is 0 Å². The van der Waals surface area contributed by atoms with E-state index in [0.29, 0.717) is 12.6 Å². The third-order valence-corrected chi connectivity index (χ3v) is 4.89. The van der Waals surface area contributed by atoms with Crippen molar-refractivity contribution in [2.45, 2.75) is 38.6 Å². The fraction of sp³-hybridized carbons (Fsp3) is 1.00. The van der Waals surface area contributed by atoms with Crippen LogP contribution >= 0.6 is 0 Å². The van der Waals surface area contributed by atoms with E-state index in [1.54, 1.807) is 14.0 Å². The number of nitrogens with zero attached hydrogens (tertiary/aromatic N) is 1. The zero-order valence-corrected chi connectivity index (χ0v) is 10.5. The highest BCUT2D eigenvalue weighted by Crippen LogP contribution is 2.17. The highest BCUT2D eigenvalue weighted by molar-refractivity contribution is 7.89. The number of hydrogen-bond donors (Lipinski definition) is 1. The molecule has 0 radical (unpaired) electrons. The third kappa shape index (κ3) is 4.09. The minimum Gasteiger partial charge on any atom is -0.314 e. The van der Waals surface area contributed by atoms with Gasteiger partial charge < -0.3 is 5.32 Å². The molecular weight excluding hydrogens is 212 g/mol. The fourth-order valence-corrected chi connectivity index (χ4v) is 2.43. The van der Waals surface area contributed by atoms with E-state index in [1.165, 1.54) is 23.6 Å². The molecule has 0 atom stereocenters. The van der Waals surface area contributed by atoms with Crippen LogP contribution in [-0.4, -0.2) is 44.7 Å². The van der Waals surface area contributed by atoms with E-state index in [1.807, 2.05) is 0 Å². The van der Waals surface area contributed by atoms with Crippen molar-refractivity contribution in [3.8, 4) is 0 Å². The van der Waals surface area contributed by atoms with E-state index in [9.17, 15) is 8.42 Å². The van der Waals surface area contributed by atoms with Crippen LogP contribution in [0.5, 0.6) is 0 Å². The molecule has 0 unspecified atom stereocenters. The van der Waals surface area contributed by atoms with Crippen molar-refractivity contribution in [3.05, 3.63) is 0 Å². The molecule has 1 aliphatic rings. The van der Waals surface area contributed by atoms with Gasteiger partial charge in [0.05, 0.1) is 5.75 Å². The normalized spacial score (nSPS) is 18.1. The van der Waals surface area contributed by atoms with E-state index in [-0.39, 0.29) is 5.75 Å². The van der Waals surface area contributed by atoms with Gasteiger partial charge in [0.1, 0.15) is 0 Å². The molecule has 0 aromatic heterocycles. The smallest absolute Gasteiger partial charge is 0.213 e. The molecule has 1 fully saturated rings. The molecule has 0 aromatic rings. The average molecular weight is 234 g/mol. The molecule has 0 aliphatic heterocycles. The van der Waals surface area contributed by atoms with Crippen molar-refractivity contribution < 1.29 is 8.42 Å². The molecule has 0 heterocycles. The lowest BCUT2D eigenvalue weighted by atomic mass is 9.93. The highest BCUT2D eigenvalue weighted by atomic mass is 32.2. The Bertz CT molecular complexity index is 273. The first-order valence-corrected chi connectivity index (χ1v) is 7.34. The molecule has 4 nitrogen and oxygen atoms in total. The molecule has 0 amide bonds. The van der Waals surface area contributed by atoms with E-state index >= 15 is 0 Å². The molecule has 90 valence electrons. The summed E-state index contributed by atoms with van der Waals surface area (Å²) in [5.41, 5.74) is 0. The Labute approximate surface area is 93.1 Å². The second-order valence-corrected chi connectivity index (χ2v) is 6.52. The van der Waals surface area contributed by atoms with Gasteiger partial charge in [-0.2, -0.15) is 0 Å². The quantitative estimate of drug-likeness (QED) is 0.663. The SMILES string of the molecule is CCS(=O)(=O)N(C)CCCNC1CCC1. The summed E-state index contributed by atoms with van der Waals surface area (Å²) in [5, 5.41) is 3.42. The van der Waals surface area contributed by atoms with Crippen LogP contribution in [0.1, 0.15) is 32.6 Å². The summed E-state index contributed by atoms with van der Waals surface area (Å²) in [6, 6.07) is 0.693. The lowest BCUT2D eigenvalue weighted by molar-refractivity contribution is 0.333. The van der Waals surface area contributed by atoms with Gasteiger partial charge in [0, 0.05) is 19.6 Å². The minimum atomic E-state index is -2.98. The molecular formula is C10H22N2O2S. The summed E-state index contributed by atoms with van der Waals surface area (Å²) in [5.74, 6) is 0.194. The minimum absolute atomic E-state index is 0.194. The van der Waals surface area contributed by atoms with Crippen molar-refractivity contribution in [1.29, 1.82) is 0 Å². The standard InChI is InChI=1S/C10H22N2O2S/c1-3-15(13,14)12(2)9-5-8-11-10-6-4-7-10/h10-11H,3-9H2,1-2H3. The van der Waals surface area contributed by atoms with E-state index in [2.05, 4.69) is 5.32 Å². The van der Waals surface area contributed by atoms with E-state index in [0.717, 1.165) is 13.0 Å². The zero-order valence-electron chi connectivity index (χ0n) is 9.70. The molecule has 1 aliphatic carbocycles. The maximum atomic E-state index is 11.4. The molecule has 1 N–H and O–H groups in total. The maximum Gasteiger partial charge on any atom is 0.213 e. The van der Waals surface area contributed by atoms with Crippen LogP contribution in [0, 0.1) is 0 Å². The van der Waals surface area contributed by atoms with Crippen LogP contribution in [0.2, 0.25) is 0 Å². The monoisotopic (exact) mass is 234 g/mol. The average Bonchev–Trinajstić information content (AvgIpc) is 2.14. The van der Waals surface area contributed by atoms with Crippen molar-refractivity contribution in [1.82, 2.24) is 9.62 Å². The zero-order chi connectivity index (χ0) is 11.3. The van der Waals surface area contributed by atoms with Crippen LogP contribution < -0.4 is 5.32 Å². The second kappa shape index (κ2) is 5.82. The van der Waals surface area contributed by atoms with Gasteiger partial charge in [0.25, 0.3) is 0 Å². The summed E-state index contributed by atoms with van der Waals surface area (Å²) >= 11 is 0. The first-order valence-electron chi connectivity index (χ1n) is 5.73. The Kier molecular flexibility index (Phi) is 5.02. The molecule has 15 heavy (non-hydrogen) atoms. The first kappa shape index (κ1) is 12.9.